The molecule has 1 unspecified atom stereocenters. The van der Waals surface area contributed by atoms with Crippen molar-refractivity contribution in [1.29, 1.82) is 5.26 Å². The van der Waals surface area contributed by atoms with Crippen LogP contribution in [0.1, 0.15) is 31.7 Å². The minimum Gasteiger partial charge on any atom is -0.366 e. The Morgan fingerprint density at radius 1 is 1.44 bits per heavy atom. The van der Waals surface area contributed by atoms with Crippen molar-refractivity contribution in [3.63, 3.8) is 0 Å². The molecule has 1 aliphatic heterocycles. The molecule has 0 saturated carbocycles. The summed E-state index contributed by atoms with van der Waals surface area (Å²) in [6.07, 6.45) is 3.44. The van der Waals surface area contributed by atoms with Gasteiger partial charge < -0.3 is 4.90 Å². The zero-order chi connectivity index (χ0) is 11.5. The number of hydrogen-bond donors (Lipinski definition) is 0. The molecule has 1 aliphatic rings. The minimum atomic E-state index is -0.284. The molecule has 0 bridgehead atoms. The first-order chi connectivity index (χ1) is 7.72. The maximum Gasteiger partial charge on any atom is 0.147 e. The highest BCUT2D eigenvalue weighted by Gasteiger charge is 2.21. The highest BCUT2D eigenvalue weighted by molar-refractivity contribution is 5.52. The molecule has 0 amide bonds. The molecule has 2 nitrogen and oxygen atoms in total. The summed E-state index contributed by atoms with van der Waals surface area (Å²) in [6.45, 7) is 3.03. The fourth-order valence-corrected chi connectivity index (χ4v) is 2.27. The zero-order valence-corrected chi connectivity index (χ0v) is 9.41. The van der Waals surface area contributed by atoms with Crippen LogP contribution < -0.4 is 4.90 Å². The number of hydrogen-bond acceptors (Lipinski definition) is 2. The van der Waals surface area contributed by atoms with Crippen LogP contribution in [-0.4, -0.2) is 12.6 Å². The molecule has 1 saturated heterocycles. The van der Waals surface area contributed by atoms with Gasteiger partial charge in [0.2, 0.25) is 0 Å². The number of nitriles is 1. The average Bonchev–Trinajstić information content (AvgIpc) is 2.30. The summed E-state index contributed by atoms with van der Waals surface area (Å²) >= 11 is 0. The summed E-state index contributed by atoms with van der Waals surface area (Å²) in [5.41, 5.74) is 1.01. The van der Waals surface area contributed by atoms with Crippen molar-refractivity contribution in [1.82, 2.24) is 0 Å². The summed E-state index contributed by atoms with van der Waals surface area (Å²) in [4.78, 5) is 2.10. The van der Waals surface area contributed by atoms with Crippen LogP contribution in [0.4, 0.5) is 10.1 Å². The van der Waals surface area contributed by atoms with E-state index in [2.05, 4.69) is 11.8 Å². The van der Waals surface area contributed by atoms with Gasteiger partial charge >= 0.3 is 0 Å². The third-order valence-corrected chi connectivity index (χ3v) is 3.19. The average molecular weight is 218 g/mol. The van der Waals surface area contributed by atoms with E-state index in [1.807, 2.05) is 6.07 Å². The van der Waals surface area contributed by atoms with Crippen LogP contribution in [0.25, 0.3) is 0 Å². The van der Waals surface area contributed by atoms with Crippen LogP contribution in [-0.2, 0) is 0 Å². The predicted molar refractivity (Wildman–Crippen MR) is 61.8 cm³/mol. The van der Waals surface area contributed by atoms with E-state index in [0.717, 1.165) is 19.4 Å². The number of rotatable bonds is 1. The topological polar surface area (TPSA) is 27.0 Å². The van der Waals surface area contributed by atoms with Crippen LogP contribution in [0, 0.1) is 17.1 Å². The molecular weight excluding hydrogens is 203 g/mol. The second kappa shape index (κ2) is 4.52. The van der Waals surface area contributed by atoms with Gasteiger partial charge in [-0.25, -0.2) is 4.39 Å². The second-order valence-electron chi connectivity index (χ2n) is 4.32. The quantitative estimate of drug-likeness (QED) is 0.724. The first-order valence-electron chi connectivity index (χ1n) is 5.68. The predicted octanol–water partition coefficient (Wildman–Crippen LogP) is 3.08. The van der Waals surface area contributed by atoms with Gasteiger partial charge in [-0.3, -0.25) is 0 Å². The van der Waals surface area contributed by atoms with E-state index in [-0.39, 0.29) is 5.82 Å². The molecule has 3 heteroatoms. The third kappa shape index (κ3) is 2.01. The lowest BCUT2D eigenvalue weighted by Crippen LogP contribution is -2.37. The second-order valence-corrected chi connectivity index (χ2v) is 4.32. The Morgan fingerprint density at radius 2 is 2.25 bits per heavy atom. The first-order valence-corrected chi connectivity index (χ1v) is 5.68. The number of nitrogens with zero attached hydrogens (tertiary/aromatic N) is 2. The van der Waals surface area contributed by atoms with Crippen molar-refractivity contribution in [2.24, 2.45) is 0 Å². The Balaban J connectivity index is 2.29. The van der Waals surface area contributed by atoms with E-state index in [9.17, 15) is 4.39 Å². The van der Waals surface area contributed by atoms with Crippen molar-refractivity contribution in [3.05, 3.63) is 29.6 Å². The van der Waals surface area contributed by atoms with Gasteiger partial charge in [-0.05, 0) is 44.4 Å². The summed E-state index contributed by atoms with van der Waals surface area (Å²) in [7, 11) is 0. The number of halogens is 1. The monoisotopic (exact) mass is 218 g/mol. The molecule has 2 rings (SSSR count). The normalized spacial score (nSPS) is 20.6. The standard InChI is InChI=1S/C13H15FN2/c1-10-4-2-3-7-16(10)13-6-5-11(9-15)8-12(13)14/h5-6,8,10H,2-4,7H2,1H3. The van der Waals surface area contributed by atoms with Gasteiger partial charge in [0, 0.05) is 12.6 Å². The van der Waals surface area contributed by atoms with Crippen molar-refractivity contribution in [3.8, 4) is 6.07 Å². The van der Waals surface area contributed by atoms with Gasteiger partial charge in [0.1, 0.15) is 5.82 Å². The molecule has 0 aliphatic carbocycles. The summed E-state index contributed by atoms with van der Waals surface area (Å²) < 4.78 is 13.8. The Morgan fingerprint density at radius 3 is 2.88 bits per heavy atom. The summed E-state index contributed by atoms with van der Waals surface area (Å²) in [5.74, 6) is -0.284. The van der Waals surface area contributed by atoms with Gasteiger partial charge in [-0.2, -0.15) is 5.26 Å². The minimum absolute atomic E-state index is 0.284. The van der Waals surface area contributed by atoms with E-state index in [4.69, 9.17) is 5.26 Å². The Labute approximate surface area is 95.3 Å². The molecule has 1 heterocycles. The molecule has 1 aromatic rings. The Bertz CT molecular complexity index is 422. The largest absolute Gasteiger partial charge is 0.366 e. The van der Waals surface area contributed by atoms with Crippen molar-refractivity contribution < 1.29 is 4.39 Å². The van der Waals surface area contributed by atoms with E-state index in [1.165, 1.54) is 12.5 Å². The molecule has 0 N–H and O–H groups in total. The molecular formula is C13H15FN2. The molecule has 0 aromatic heterocycles. The molecule has 16 heavy (non-hydrogen) atoms. The highest BCUT2D eigenvalue weighted by atomic mass is 19.1. The van der Waals surface area contributed by atoms with Gasteiger partial charge in [0.05, 0.1) is 17.3 Å². The number of anilines is 1. The number of benzene rings is 1. The molecule has 1 aromatic carbocycles. The summed E-state index contributed by atoms with van der Waals surface area (Å²) in [5, 5.41) is 8.68. The lowest BCUT2D eigenvalue weighted by molar-refractivity contribution is 0.476. The van der Waals surface area contributed by atoms with Crippen LogP contribution >= 0.6 is 0 Å². The smallest absolute Gasteiger partial charge is 0.147 e. The fourth-order valence-electron chi connectivity index (χ4n) is 2.27. The van der Waals surface area contributed by atoms with Gasteiger partial charge in [0.25, 0.3) is 0 Å². The molecule has 1 fully saturated rings. The molecule has 84 valence electrons. The molecule has 1 atom stereocenters. The number of piperidine rings is 1. The first kappa shape index (κ1) is 10.9. The maximum atomic E-state index is 13.8. The van der Waals surface area contributed by atoms with Crippen LogP contribution in [0.2, 0.25) is 0 Å². The van der Waals surface area contributed by atoms with E-state index in [1.54, 1.807) is 12.1 Å². The Hall–Kier alpha value is -1.56. The zero-order valence-electron chi connectivity index (χ0n) is 9.41. The van der Waals surface area contributed by atoms with Crippen molar-refractivity contribution >= 4 is 5.69 Å². The van der Waals surface area contributed by atoms with Crippen molar-refractivity contribution in [2.45, 2.75) is 32.2 Å². The lowest BCUT2D eigenvalue weighted by Gasteiger charge is -2.35. The lowest BCUT2D eigenvalue weighted by atomic mass is 10.0. The maximum absolute atomic E-state index is 13.8. The van der Waals surface area contributed by atoms with E-state index >= 15 is 0 Å². The van der Waals surface area contributed by atoms with Gasteiger partial charge in [-0.1, -0.05) is 0 Å². The van der Waals surface area contributed by atoms with Gasteiger partial charge in [-0.15, -0.1) is 0 Å². The molecule has 0 spiro atoms. The van der Waals surface area contributed by atoms with E-state index < -0.39 is 0 Å². The fraction of sp³-hybridized carbons (Fsp3) is 0.462. The summed E-state index contributed by atoms with van der Waals surface area (Å²) in [6, 6.07) is 7.05. The highest BCUT2D eigenvalue weighted by Crippen LogP contribution is 2.27. The van der Waals surface area contributed by atoms with Gasteiger partial charge in [0.15, 0.2) is 0 Å². The third-order valence-electron chi connectivity index (χ3n) is 3.19. The molecule has 0 radical (unpaired) electrons. The van der Waals surface area contributed by atoms with Crippen molar-refractivity contribution in [2.75, 3.05) is 11.4 Å². The Kier molecular flexibility index (Phi) is 3.09. The van der Waals surface area contributed by atoms with Crippen LogP contribution in [0.5, 0.6) is 0 Å². The van der Waals surface area contributed by atoms with Crippen LogP contribution in [0.15, 0.2) is 18.2 Å². The van der Waals surface area contributed by atoms with Crippen LogP contribution in [0.3, 0.4) is 0 Å². The van der Waals surface area contributed by atoms with E-state index in [0.29, 0.717) is 17.3 Å². The SMILES string of the molecule is CC1CCCCN1c1ccc(C#N)cc1F.